The Morgan fingerprint density at radius 2 is 0.645 bits per heavy atom. The molecule has 0 spiro atoms. The van der Waals surface area contributed by atoms with E-state index >= 15 is 0 Å². The topological polar surface area (TPSA) is 127 Å². The van der Waals surface area contributed by atoms with E-state index in [0.29, 0.717) is 25.7 Å². The van der Waals surface area contributed by atoms with Crippen molar-refractivity contribution >= 4 is 23.9 Å². The molecular weight excluding hydrogens is 777 g/mol. The van der Waals surface area contributed by atoms with E-state index < -0.39 is 11.9 Å². The predicted molar refractivity (Wildman–Crippen MR) is 260 cm³/mol. The van der Waals surface area contributed by atoms with Crippen molar-refractivity contribution in [3.63, 3.8) is 0 Å². The number of hydrogen-bond acceptors (Lipinski definition) is 6. The van der Waals surface area contributed by atoms with Crippen molar-refractivity contribution in [1.82, 2.24) is 0 Å². The number of carbonyl (C=O) groups excluding carboxylic acids is 2. The van der Waals surface area contributed by atoms with Gasteiger partial charge in [0.2, 0.25) is 0 Å². The van der Waals surface area contributed by atoms with E-state index in [4.69, 9.17) is 19.7 Å². The van der Waals surface area contributed by atoms with Crippen molar-refractivity contribution in [1.29, 1.82) is 0 Å². The summed E-state index contributed by atoms with van der Waals surface area (Å²) in [5.41, 5.74) is 0. The molecule has 0 aromatic rings. The molecule has 0 radical (unpaired) electrons. The fraction of sp³-hybridized carbons (Fsp3) is 0.778. The number of allylic oxidation sites excluding steroid dienone is 6. The van der Waals surface area contributed by atoms with Gasteiger partial charge in [0.1, 0.15) is 11.5 Å². The molecule has 0 unspecified atom stereocenters. The molecule has 0 atom stereocenters. The Labute approximate surface area is 381 Å². The number of carboxylic acid groups (broad SMARTS) is 2. The fourth-order valence-electron chi connectivity index (χ4n) is 6.82. The fourth-order valence-corrected chi connectivity index (χ4v) is 6.82. The van der Waals surface area contributed by atoms with Crippen LogP contribution in [0.5, 0.6) is 0 Å². The lowest BCUT2D eigenvalue weighted by Gasteiger charge is -2.05. The van der Waals surface area contributed by atoms with E-state index in [1.54, 1.807) is 0 Å². The van der Waals surface area contributed by atoms with Crippen LogP contribution in [0.4, 0.5) is 0 Å². The molecule has 0 fully saturated rings. The van der Waals surface area contributed by atoms with Crippen molar-refractivity contribution in [2.75, 3.05) is 0 Å². The van der Waals surface area contributed by atoms with Crippen LogP contribution in [0, 0.1) is 23.7 Å². The third-order valence-corrected chi connectivity index (χ3v) is 10.6. The summed E-state index contributed by atoms with van der Waals surface area (Å²) >= 11 is 0. The summed E-state index contributed by atoms with van der Waals surface area (Å²) in [6, 6.07) is 0. The maximum absolute atomic E-state index is 11.5. The smallest absolute Gasteiger partial charge is 0.310 e. The summed E-state index contributed by atoms with van der Waals surface area (Å²) < 4.78 is 10.5. The average molecular weight is 873 g/mol. The Morgan fingerprint density at radius 3 is 0.871 bits per heavy atom. The number of ether oxygens (including phenoxy) is 2. The van der Waals surface area contributed by atoms with Gasteiger partial charge in [-0.05, 0) is 61.5 Å². The zero-order valence-corrected chi connectivity index (χ0v) is 41.3. The maximum atomic E-state index is 11.5. The van der Waals surface area contributed by atoms with Crippen LogP contribution in [0.15, 0.2) is 48.0 Å². The van der Waals surface area contributed by atoms with Gasteiger partial charge in [-0.2, -0.15) is 0 Å². The van der Waals surface area contributed by atoms with Gasteiger partial charge < -0.3 is 19.7 Å². The number of aliphatic carboxylic acids is 2. The third kappa shape index (κ3) is 51.2. The van der Waals surface area contributed by atoms with Crippen LogP contribution < -0.4 is 0 Å². The van der Waals surface area contributed by atoms with Crippen molar-refractivity contribution in [3.8, 4) is 0 Å². The normalized spacial score (nSPS) is 12.6. The van der Waals surface area contributed by atoms with Gasteiger partial charge in [0.05, 0.1) is 0 Å². The van der Waals surface area contributed by atoms with E-state index in [9.17, 15) is 19.2 Å². The molecule has 0 heterocycles. The largest absolute Gasteiger partial charge is 0.481 e. The molecule has 2 aliphatic carbocycles. The first-order chi connectivity index (χ1) is 29.6. The van der Waals surface area contributed by atoms with E-state index in [0.717, 1.165) is 99.4 Å². The van der Waals surface area contributed by atoms with Crippen LogP contribution >= 0.6 is 0 Å². The van der Waals surface area contributed by atoms with Gasteiger partial charge in [-0.15, -0.1) is 0 Å². The second kappa shape index (κ2) is 44.4. The van der Waals surface area contributed by atoms with E-state index in [-0.39, 0.29) is 11.9 Å². The Bertz CT molecular complexity index is 1130. The third-order valence-electron chi connectivity index (χ3n) is 10.6. The summed E-state index contributed by atoms with van der Waals surface area (Å²) in [6.07, 6.45) is 43.4. The highest BCUT2D eigenvalue weighted by Gasteiger charge is 2.09. The second-order valence-electron chi connectivity index (χ2n) is 19.1. The number of rotatable bonds is 34. The van der Waals surface area contributed by atoms with Crippen LogP contribution in [0.3, 0.4) is 0 Å². The minimum absolute atomic E-state index is 0.0767. The number of carbonyl (C=O) groups is 4. The number of esters is 2. The lowest BCUT2D eigenvalue weighted by atomic mass is 10.0. The highest BCUT2D eigenvalue weighted by Crippen LogP contribution is 2.17. The summed E-state index contributed by atoms with van der Waals surface area (Å²) in [5, 5.41) is 16.8. The van der Waals surface area contributed by atoms with E-state index in [2.05, 4.69) is 55.4 Å². The van der Waals surface area contributed by atoms with Crippen LogP contribution in [-0.2, 0) is 28.7 Å². The van der Waals surface area contributed by atoms with Crippen molar-refractivity contribution in [3.05, 3.63) is 48.0 Å². The summed E-state index contributed by atoms with van der Waals surface area (Å²) in [7, 11) is 0. The molecule has 62 heavy (non-hydrogen) atoms. The van der Waals surface area contributed by atoms with Crippen LogP contribution in [0.25, 0.3) is 0 Å². The van der Waals surface area contributed by atoms with Gasteiger partial charge in [-0.3, -0.25) is 19.2 Å². The van der Waals surface area contributed by atoms with Gasteiger partial charge in [0.25, 0.3) is 0 Å². The monoisotopic (exact) mass is 873 g/mol. The predicted octanol–water partition coefficient (Wildman–Crippen LogP) is 16.4. The molecule has 8 heteroatoms. The number of carboxylic acids is 2. The summed E-state index contributed by atoms with van der Waals surface area (Å²) in [5.74, 6) is 3.33. The van der Waals surface area contributed by atoms with Crippen molar-refractivity contribution < 1.29 is 38.9 Å². The van der Waals surface area contributed by atoms with E-state index in [1.165, 1.54) is 103 Å². The minimum Gasteiger partial charge on any atom is -0.481 e. The molecule has 2 rings (SSSR count). The lowest BCUT2D eigenvalue weighted by Crippen LogP contribution is -2.03. The Balaban J connectivity index is 0. The molecule has 360 valence electrons. The first-order valence-electron chi connectivity index (χ1n) is 25.2. The van der Waals surface area contributed by atoms with Gasteiger partial charge in [0, 0.05) is 38.5 Å². The molecule has 0 aliphatic heterocycles. The average Bonchev–Trinajstić information content (AvgIpc) is 3.91. The molecule has 0 amide bonds. The highest BCUT2D eigenvalue weighted by molar-refractivity contribution is 5.71. The van der Waals surface area contributed by atoms with Crippen LogP contribution in [0.1, 0.15) is 248 Å². The molecule has 0 saturated heterocycles. The molecule has 0 saturated carbocycles. The quantitative estimate of drug-likeness (QED) is 0.0483. The Morgan fingerprint density at radius 1 is 0.403 bits per heavy atom. The molecule has 0 aromatic heterocycles. The maximum Gasteiger partial charge on any atom is 0.310 e. The van der Waals surface area contributed by atoms with Crippen LogP contribution in [-0.4, -0.2) is 34.1 Å². The minimum atomic E-state index is -0.665. The van der Waals surface area contributed by atoms with Crippen molar-refractivity contribution in [2.24, 2.45) is 23.7 Å². The van der Waals surface area contributed by atoms with Gasteiger partial charge in [-0.1, -0.05) is 208 Å². The molecular formula is C54H96O8. The number of unbranched alkanes of at least 4 members (excludes halogenated alkanes) is 16. The Kier molecular flexibility index (Phi) is 43.7. The molecule has 2 aliphatic rings. The van der Waals surface area contributed by atoms with Gasteiger partial charge in [-0.25, -0.2) is 0 Å². The standard InChI is InChI=1S/2C16H26O2.2C11H22O2/c2*1-14(2)10-6-4-3-5-7-13-16(17)18-15-11-8-9-12-15;2*1-10(2)8-6-4-3-5-7-9-11(12)13/h2*8-9,11,14H,3-7,10,12-13H2,1-2H3;2*10H,3-9H2,1-2H3,(H,12,13). The SMILES string of the molecule is CC(C)CCCCCCCC(=O)O.CC(C)CCCCCCCC(=O)O.CC(C)CCCCCCCC(=O)OC1=CC=CC1.CC(C)CCCCCCCC(=O)OC1=CC=CC1. The lowest BCUT2D eigenvalue weighted by molar-refractivity contribution is -0.140. The summed E-state index contributed by atoms with van der Waals surface area (Å²) in [4.78, 5) is 43.3. The Hall–Kier alpha value is -3.16. The first-order valence-corrected chi connectivity index (χ1v) is 25.2. The zero-order valence-electron chi connectivity index (χ0n) is 41.3. The molecule has 0 aromatic carbocycles. The van der Waals surface area contributed by atoms with Crippen LogP contribution in [0.2, 0.25) is 0 Å². The van der Waals surface area contributed by atoms with Crippen molar-refractivity contribution in [2.45, 2.75) is 248 Å². The highest BCUT2D eigenvalue weighted by atomic mass is 16.5. The van der Waals surface area contributed by atoms with Gasteiger partial charge in [0.15, 0.2) is 0 Å². The molecule has 8 nitrogen and oxygen atoms in total. The van der Waals surface area contributed by atoms with Gasteiger partial charge >= 0.3 is 23.9 Å². The molecule has 2 N–H and O–H groups in total. The second-order valence-corrected chi connectivity index (χ2v) is 19.1. The number of hydrogen-bond donors (Lipinski definition) is 2. The molecule has 0 bridgehead atoms. The summed E-state index contributed by atoms with van der Waals surface area (Å²) in [6.45, 7) is 18.0. The first kappa shape index (κ1) is 60.9. The zero-order chi connectivity index (χ0) is 46.6. The van der Waals surface area contributed by atoms with E-state index in [1.807, 2.05) is 36.5 Å².